The summed E-state index contributed by atoms with van der Waals surface area (Å²) in [5.74, 6) is -14.0. The molecule has 30 heteroatoms. The number of likely N-dealkylation sites (tertiary alicyclic amines) is 1. The van der Waals surface area contributed by atoms with E-state index in [0.29, 0.717) is 37.2 Å². The lowest BCUT2D eigenvalue weighted by atomic mass is 9.85. The van der Waals surface area contributed by atoms with Gasteiger partial charge in [-0.2, -0.15) is 0 Å². The van der Waals surface area contributed by atoms with E-state index in [1.54, 1.807) is 113 Å². The van der Waals surface area contributed by atoms with Gasteiger partial charge in [-0.25, -0.2) is 4.79 Å². The standard InChI is InChI=1S/C80H132N14O16/c1-18-48(14)64(76(105)93-67-51(17)110-80(109)63(47(12)13)89-68(97)54(20-3)82-71(100)57(42-53-33-25-22-26-34-53)85-73(102)61(45(8)9)87-75(104)65(49(15)19-2)91-78(67)107)90-69(98)55(35-28-40-81)83-72(101)58-36-29-41-94(58)79(108)62(46(10)11)88-70(99)56(39-38-52-31-23-21-24-32-52)84-77(106)66(50(16)95)92-74(103)60(44(6)7)86-59(96)37-27-30-43(4)5/h20,22,25-26,33-34,43-52,55-58,60-67,95H,18-19,21,23-24,27-32,35-42,81H2,1-17H3,(H,82,100)(H,83,101)(H,84,106)(H,85,102)(H,86,96)(H,87,104)(H,88,99)(H,89,97)(H,90,98)(H,91,107)(H,92,103)(H,93,105)/b54-20-/t48-,49-,50+,51+,55-,56-,57-,58+,60+,61+,62+,63-,64+,65+,66-,67+/m0/s1. The molecule has 3 fully saturated rings. The quantitative estimate of drug-likeness (QED) is 0.0341. The Morgan fingerprint density at radius 1 is 0.600 bits per heavy atom. The Morgan fingerprint density at radius 2 is 1.18 bits per heavy atom. The molecule has 618 valence electrons. The Balaban J connectivity index is 1.66. The fourth-order valence-corrected chi connectivity index (χ4v) is 13.8. The van der Waals surface area contributed by atoms with Crippen LogP contribution < -0.4 is 69.5 Å². The summed E-state index contributed by atoms with van der Waals surface area (Å²) in [5, 5.41) is 43.8. The second kappa shape index (κ2) is 46.3. The number of aliphatic hydroxyl groups is 1. The molecule has 4 rings (SSSR count). The summed E-state index contributed by atoms with van der Waals surface area (Å²) in [6.45, 7) is 28.7. The minimum atomic E-state index is -1.83. The Bertz CT molecular complexity index is 3290. The Labute approximate surface area is 651 Å². The van der Waals surface area contributed by atoms with Crippen LogP contribution in [0.15, 0.2) is 42.1 Å². The van der Waals surface area contributed by atoms with Crippen LogP contribution in [0.25, 0.3) is 0 Å². The van der Waals surface area contributed by atoms with E-state index in [2.05, 4.69) is 63.8 Å². The maximum absolute atomic E-state index is 15.1. The number of aliphatic hydroxyl groups excluding tert-OH is 1. The third-order valence-corrected chi connectivity index (χ3v) is 21.2. The number of nitrogens with one attached hydrogen (secondary N) is 12. The van der Waals surface area contributed by atoms with Crippen molar-refractivity contribution in [2.24, 2.45) is 53.1 Å². The molecule has 0 spiro atoms. The number of cyclic esters (lactones) is 1. The number of esters is 1. The van der Waals surface area contributed by atoms with E-state index in [1.165, 1.54) is 31.7 Å². The summed E-state index contributed by atoms with van der Waals surface area (Å²) in [4.78, 5) is 204. The smallest absolute Gasteiger partial charge is 0.329 e. The summed E-state index contributed by atoms with van der Waals surface area (Å²) >= 11 is 0. The molecule has 1 saturated carbocycles. The molecule has 0 unspecified atom stereocenters. The molecule has 2 heterocycles. The van der Waals surface area contributed by atoms with Crippen LogP contribution in [0, 0.1) is 47.3 Å². The number of ether oxygens (including phenoxy) is 1. The van der Waals surface area contributed by atoms with Crippen LogP contribution in [-0.2, 0) is 78.3 Å². The molecule has 0 aromatic heterocycles. The number of nitrogens with two attached hydrogens (primary N) is 1. The number of carbonyl (C=O) groups excluding carboxylic acids is 14. The van der Waals surface area contributed by atoms with Gasteiger partial charge in [0.15, 0.2) is 0 Å². The molecule has 13 amide bonds. The zero-order chi connectivity index (χ0) is 82.4. The van der Waals surface area contributed by atoms with E-state index in [9.17, 15) is 62.6 Å². The highest BCUT2D eigenvalue weighted by molar-refractivity contribution is 6.03. The van der Waals surface area contributed by atoms with E-state index in [0.717, 1.165) is 38.5 Å². The van der Waals surface area contributed by atoms with Crippen LogP contribution in [-0.4, -0.2) is 191 Å². The van der Waals surface area contributed by atoms with E-state index in [1.807, 2.05) is 13.8 Å². The van der Waals surface area contributed by atoms with Crippen molar-refractivity contribution in [2.45, 2.75) is 312 Å². The summed E-state index contributed by atoms with van der Waals surface area (Å²) in [5.41, 5.74) is 6.38. The monoisotopic (exact) mass is 1540 g/mol. The molecular weight excluding hydrogens is 1410 g/mol. The molecule has 0 radical (unpaired) electrons. The second-order valence-corrected chi connectivity index (χ2v) is 32.1. The molecular formula is C80H132N14O16. The maximum atomic E-state index is 15.1. The lowest BCUT2D eigenvalue weighted by Gasteiger charge is -2.33. The first-order valence-electron chi connectivity index (χ1n) is 40.1. The zero-order valence-electron chi connectivity index (χ0n) is 68.2. The van der Waals surface area contributed by atoms with Crippen molar-refractivity contribution >= 4 is 82.8 Å². The molecule has 2 saturated heterocycles. The lowest BCUT2D eigenvalue weighted by Crippen LogP contribution is -2.64. The van der Waals surface area contributed by atoms with E-state index in [-0.39, 0.29) is 75.6 Å². The number of hydrogen-bond acceptors (Lipinski definition) is 17. The van der Waals surface area contributed by atoms with Crippen molar-refractivity contribution < 1.29 is 77.0 Å². The van der Waals surface area contributed by atoms with Gasteiger partial charge in [-0.15, -0.1) is 0 Å². The minimum Gasteiger partial charge on any atom is -0.458 e. The molecule has 15 N–H and O–H groups in total. The molecule has 3 aliphatic rings. The Morgan fingerprint density at radius 3 is 1.75 bits per heavy atom. The van der Waals surface area contributed by atoms with Gasteiger partial charge in [0.1, 0.15) is 84.3 Å². The minimum absolute atomic E-state index is 0.0342. The number of carbonyl (C=O) groups is 14. The summed E-state index contributed by atoms with van der Waals surface area (Å²) in [6.07, 6.45) is 6.69. The second-order valence-electron chi connectivity index (χ2n) is 32.1. The predicted octanol–water partition coefficient (Wildman–Crippen LogP) is 3.54. The van der Waals surface area contributed by atoms with Crippen LogP contribution in [0.3, 0.4) is 0 Å². The van der Waals surface area contributed by atoms with Crippen molar-refractivity contribution in [3.63, 3.8) is 0 Å². The maximum Gasteiger partial charge on any atom is 0.329 e. The highest BCUT2D eigenvalue weighted by Crippen LogP contribution is 2.29. The fraction of sp³-hybridized carbons (Fsp3) is 0.725. The van der Waals surface area contributed by atoms with Gasteiger partial charge in [0, 0.05) is 19.4 Å². The van der Waals surface area contributed by atoms with E-state index in [4.69, 9.17) is 10.5 Å². The molecule has 0 bridgehead atoms. The highest BCUT2D eigenvalue weighted by Gasteiger charge is 2.45. The van der Waals surface area contributed by atoms with Gasteiger partial charge < -0.3 is 84.3 Å². The van der Waals surface area contributed by atoms with Crippen LogP contribution in [0.4, 0.5) is 0 Å². The van der Waals surface area contributed by atoms with Gasteiger partial charge in [0.05, 0.1) is 6.10 Å². The molecule has 1 aromatic rings. The highest BCUT2D eigenvalue weighted by atomic mass is 16.5. The van der Waals surface area contributed by atoms with Crippen LogP contribution in [0.5, 0.6) is 0 Å². The number of benzene rings is 1. The molecule has 1 aliphatic carbocycles. The molecule has 16 atom stereocenters. The first-order valence-corrected chi connectivity index (χ1v) is 40.1. The van der Waals surface area contributed by atoms with Crippen molar-refractivity contribution in [1.29, 1.82) is 0 Å². The number of rotatable bonds is 35. The van der Waals surface area contributed by atoms with Crippen LogP contribution in [0.2, 0.25) is 0 Å². The van der Waals surface area contributed by atoms with E-state index < -0.39 is 197 Å². The van der Waals surface area contributed by atoms with Gasteiger partial charge in [-0.1, -0.05) is 185 Å². The molecule has 1 aromatic carbocycles. The average molecular weight is 1550 g/mol. The molecule has 110 heavy (non-hydrogen) atoms. The number of allylic oxidation sites excluding steroid dienone is 1. The normalized spacial score (nSPS) is 23.0. The molecule has 2 aliphatic heterocycles. The number of nitrogens with zero attached hydrogens (tertiary/aromatic N) is 1. The van der Waals surface area contributed by atoms with Crippen molar-refractivity contribution in [2.75, 3.05) is 13.1 Å². The van der Waals surface area contributed by atoms with Crippen molar-refractivity contribution in [1.82, 2.24) is 68.7 Å². The van der Waals surface area contributed by atoms with Gasteiger partial charge in [-0.3, -0.25) is 62.3 Å². The Kier molecular flexibility index (Phi) is 39.5. The SMILES string of the molecule is C/C=C1\NC(=O)[C@H](Cc2ccccc2)NC(=O)[C@@H](C(C)C)NC(=O)[C@@H]([C@@H](C)CC)NC(=O)[C@H](NC(=O)[C@H](NC(=O)[C@H](CCCN)NC(=O)[C@H]2CCCN2C(=O)[C@H](NC(=O)[C@H](CCC2CCCCC2)NC(=O)[C@@H](NC(=O)[C@H](NC(=O)CCCC(C)C)C(C)C)[C@@H](C)O)C(C)C)[C@@H](C)CC)[C@@H](C)OC(=O)[C@H](C(C)C)NC1=O. The van der Waals surface area contributed by atoms with E-state index >= 15 is 9.59 Å². The first kappa shape index (κ1) is 93.8. The van der Waals surface area contributed by atoms with Gasteiger partial charge in [0.2, 0.25) is 70.9 Å². The zero-order valence-corrected chi connectivity index (χ0v) is 68.2. The number of hydrogen-bond donors (Lipinski definition) is 14. The van der Waals surface area contributed by atoms with Gasteiger partial charge >= 0.3 is 5.97 Å². The van der Waals surface area contributed by atoms with Crippen LogP contribution >= 0.6 is 0 Å². The van der Waals surface area contributed by atoms with Crippen LogP contribution in [0.1, 0.15) is 226 Å². The third kappa shape index (κ3) is 29.0. The number of amides is 13. The third-order valence-electron chi connectivity index (χ3n) is 21.2. The topological polar surface area (TPSA) is 442 Å². The van der Waals surface area contributed by atoms with Crippen molar-refractivity contribution in [3.05, 3.63) is 47.7 Å². The van der Waals surface area contributed by atoms with Gasteiger partial charge in [0.25, 0.3) is 5.91 Å². The largest absolute Gasteiger partial charge is 0.458 e. The van der Waals surface area contributed by atoms with Gasteiger partial charge in [-0.05, 0) is 125 Å². The first-order chi connectivity index (χ1) is 51.9. The summed E-state index contributed by atoms with van der Waals surface area (Å²) in [6, 6.07) is -7.54. The average Bonchev–Trinajstić information content (AvgIpc) is 1.60. The molecule has 30 nitrogen and oxygen atoms in total. The predicted molar refractivity (Wildman–Crippen MR) is 416 cm³/mol. The lowest BCUT2D eigenvalue weighted by molar-refractivity contribution is -0.157. The Hall–Kier alpha value is -8.54. The van der Waals surface area contributed by atoms with Crippen molar-refractivity contribution in [3.8, 4) is 0 Å². The fourth-order valence-electron chi connectivity index (χ4n) is 13.8. The summed E-state index contributed by atoms with van der Waals surface area (Å²) in [7, 11) is 0. The summed E-state index contributed by atoms with van der Waals surface area (Å²) < 4.78 is 5.98.